The number of rotatable bonds is 4. The largest absolute Gasteiger partial charge is 0.456 e. The lowest BCUT2D eigenvalue weighted by atomic mass is 9.96. The minimum absolute atomic E-state index is 0.853. The molecule has 0 unspecified atom stereocenters. The first-order valence-corrected chi connectivity index (χ1v) is 15.9. The Morgan fingerprint density at radius 2 is 0.936 bits per heavy atom. The van der Waals surface area contributed by atoms with Gasteiger partial charge in [-0.2, -0.15) is 0 Å². The van der Waals surface area contributed by atoms with Gasteiger partial charge in [-0.1, -0.05) is 97.1 Å². The van der Waals surface area contributed by atoms with Gasteiger partial charge >= 0.3 is 0 Å². The van der Waals surface area contributed by atoms with Crippen LogP contribution in [0.5, 0.6) is 0 Å². The van der Waals surface area contributed by atoms with Crippen molar-refractivity contribution in [1.29, 1.82) is 0 Å². The van der Waals surface area contributed by atoms with Crippen molar-refractivity contribution in [2.75, 3.05) is 4.90 Å². The maximum atomic E-state index is 6.63. The SMILES string of the molecule is c1ccc(N(c2ccc3c(c2)oc2ccc4c(ccc5oc6ccccc6c54)c23)c2ccccc2-c2cccc3ccccc23)cc1. The number of anilines is 3. The van der Waals surface area contributed by atoms with Gasteiger partial charge in [0.1, 0.15) is 22.3 Å². The van der Waals surface area contributed by atoms with Gasteiger partial charge in [-0.15, -0.1) is 0 Å². The van der Waals surface area contributed by atoms with Crippen LogP contribution in [0.2, 0.25) is 0 Å². The van der Waals surface area contributed by atoms with Crippen LogP contribution in [0.4, 0.5) is 17.1 Å². The molecule has 0 fully saturated rings. The fourth-order valence-electron chi connectivity index (χ4n) is 7.39. The second-order valence-corrected chi connectivity index (χ2v) is 12.1. The Bertz CT molecular complexity index is 2800. The van der Waals surface area contributed by atoms with Gasteiger partial charge in [0.25, 0.3) is 0 Å². The van der Waals surface area contributed by atoms with Crippen LogP contribution in [-0.2, 0) is 0 Å². The quantitative estimate of drug-likeness (QED) is 0.201. The Morgan fingerprint density at radius 1 is 0.340 bits per heavy atom. The Morgan fingerprint density at radius 3 is 1.77 bits per heavy atom. The summed E-state index contributed by atoms with van der Waals surface area (Å²) in [4.78, 5) is 2.34. The second-order valence-electron chi connectivity index (χ2n) is 12.1. The van der Waals surface area contributed by atoms with Crippen LogP contribution in [0.1, 0.15) is 0 Å². The molecule has 0 saturated carbocycles. The van der Waals surface area contributed by atoms with Gasteiger partial charge in [0, 0.05) is 44.5 Å². The molecule has 10 aromatic rings. The topological polar surface area (TPSA) is 29.5 Å². The maximum absolute atomic E-state index is 6.63. The van der Waals surface area contributed by atoms with Gasteiger partial charge in [-0.05, 0) is 87.8 Å². The molecule has 47 heavy (non-hydrogen) atoms. The molecular formula is C44H27NO2. The molecular weight excluding hydrogens is 574 g/mol. The molecule has 0 atom stereocenters. The molecule has 0 bridgehead atoms. The van der Waals surface area contributed by atoms with E-state index in [1.807, 2.05) is 12.1 Å². The summed E-state index contributed by atoms with van der Waals surface area (Å²) in [7, 11) is 0. The number of nitrogens with zero attached hydrogens (tertiary/aromatic N) is 1. The summed E-state index contributed by atoms with van der Waals surface area (Å²) in [6, 6.07) is 57.8. The summed E-state index contributed by atoms with van der Waals surface area (Å²) in [6.07, 6.45) is 0. The predicted octanol–water partition coefficient (Wildman–Crippen LogP) is 12.9. The fraction of sp³-hybridized carbons (Fsp3) is 0. The van der Waals surface area contributed by atoms with Gasteiger partial charge in [0.05, 0.1) is 5.69 Å². The molecule has 3 heteroatoms. The Hall–Kier alpha value is -6.32. The molecule has 0 spiro atoms. The van der Waals surface area contributed by atoms with E-state index in [1.54, 1.807) is 0 Å². The molecule has 0 aliphatic rings. The third kappa shape index (κ3) is 3.93. The first-order chi connectivity index (χ1) is 23.3. The van der Waals surface area contributed by atoms with Gasteiger partial charge in [0.15, 0.2) is 0 Å². The minimum atomic E-state index is 0.853. The second kappa shape index (κ2) is 10.1. The monoisotopic (exact) mass is 601 g/mol. The average Bonchev–Trinajstić information content (AvgIpc) is 3.70. The van der Waals surface area contributed by atoms with Crippen molar-refractivity contribution < 1.29 is 8.83 Å². The zero-order chi connectivity index (χ0) is 30.9. The maximum Gasteiger partial charge on any atom is 0.137 e. The summed E-state index contributed by atoms with van der Waals surface area (Å²) in [5.74, 6) is 0. The van der Waals surface area contributed by atoms with E-state index in [4.69, 9.17) is 8.83 Å². The first-order valence-electron chi connectivity index (χ1n) is 15.9. The Kier molecular flexibility index (Phi) is 5.57. The molecule has 0 aliphatic heterocycles. The van der Waals surface area contributed by atoms with E-state index >= 15 is 0 Å². The van der Waals surface area contributed by atoms with Crippen molar-refractivity contribution in [2.45, 2.75) is 0 Å². The summed E-state index contributed by atoms with van der Waals surface area (Å²) >= 11 is 0. The van der Waals surface area contributed by atoms with Crippen molar-refractivity contribution in [3.05, 3.63) is 164 Å². The predicted molar refractivity (Wildman–Crippen MR) is 196 cm³/mol. The number of fused-ring (bicyclic) bond motifs is 10. The standard InChI is InChI=1S/C44H27NO2/c1-2-13-29(14-3-1)45(38-19-8-6-16-33(38)32-18-10-12-28-11-4-5-15-31(28)32)30-21-22-37-42(27-30)47-41-26-24-34-35(44(37)41)23-25-40-43(34)36-17-7-9-20-39(36)46-40/h1-27H. The summed E-state index contributed by atoms with van der Waals surface area (Å²) in [5.41, 5.74) is 9.11. The number of hydrogen-bond acceptors (Lipinski definition) is 3. The highest BCUT2D eigenvalue weighted by atomic mass is 16.3. The molecule has 10 rings (SSSR count). The fourth-order valence-corrected chi connectivity index (χ4v) is 7.39. The molecule has 0 amide bonds. The van der Waals surface area contributed by atoms with E-state index in [2.05, 4.69) is 157 Å². The molecule has 0 N–H and O–H groups in total. The highest BCUT2D eigenvalue weighted by Crippen LogP contribution is 2.45. The zero-order valence-corrected chi connectivity index (χ0v) is 25.4. The molecule has 8 aromatic carbocycles. The average molecular weight is 602 g/mol. The van der Waals surface area contributed by atoms with Crippen LogP contribution in [-0.4, -0.2) is 0 Å². The molecule has 2 heterocycles. The van der Waals surface area contributed by atoms with Crippen LogP contribution in [0.15, 0.2) is 173 Å². The van der Waals surface area contributed by atoms with Crippen LogP contribution in [0.25, 0.3) is 76.5 Å². The number of hydrogen-bond donors (Lipinski definition) is 0. The number of furan rings is 2. The van der Waals surface area contributed by atoms with Crippen molar-refractivity contribution in [2.24, 2.45) is 0 Å². The van der Waals surface area contributed by atoms with Gasteiger partial charge in [-0.3, -0.25) is 0 Å². The van der Waals surface area contributed by atoms with E-state index in [0.717, 1.165) is 66.3 Å². The highest BCUT2D eigenvalue weighted by Gasteiger charge is 2.21. The molecule has 2 aromatic heterocycles. The van der Waals surface area contributed by atoms with Gasteiger partial charge < -0.3 is 13.7 Å². The first kappa shape index (κ1) is 26.0. The normalized spacial score (nSPS) is 11.8. The van der Waals surface area contributed by atoms with Crippen LogP contribution in [0, 0.1) is 0 Å². The molecule has 0 aliphatic carbocycles. The van der Waals surface area contributed by atoms with Crippen molar-refractivity contribution in [3.8, 4) is 11.1 Å². The van der Waals surface area contributed by atoms with E-state index in [1.165, 1.54) is 27.3 Å². The van der Waals surface area contributed by atoms with Crippen molar-refractivity contribution >= 4 is 82.5 Å². The molecule has 220 valence electrons. The molecule has 0 saturated heterocycles. The third-order valence-corrected chi connectivity index (χ3v) is 9.45. The Balaban J connectivity index is 1.20. The summed E-state index contributed by atoms with van der Waals surface area (Å²) < 4.78 is 12.8. The lowest BCUT2D eigenvalue weighted by Gasteiger charge is -2.28. The third-order valence-electron chi connectivity index (χ3n) is 9.45. The van der Waals surface area contributed by atoms with E-state index in [-0.39, 0.29) is 0 Å². The highest BCUT2D eigenvalue weighted by molar-refractivity contribution is 6.27. The zero-order valence-electron chi connectivity index (χ0n) is 25.4. The van der Waals surface area contributed by atoms with E-state index in [9.17, 15) is 0 Å². The summed E-state index contributed by atoms with van der Waals surface area (Å²) in [5, 5.41) is 9.28. The van der Waals surface area contributed by atoms with Crippen molar-refractivity contribution in [3.63, 3.8) is 0 Å². The van der Waals surface area contributed by atoms with Crippen LogP contribution in [0.3, 0.4) is 0 Å². The minimum Gasteiger partial charge on any atom is -0.456 e. The number of benzene rings is 8. The number of para-hydroxylation sites is 3. The molecule has 0 radical (unpaired) electrons. The summed E-state index contributed by atoms with van der Waals surface area (Å²) in [6.45, 7) is 0. The van der Waals surface area contributed by atoms with Gasteiger partial charge in [-0.25, -0.2) is 0 Å². The van der Waals surface area contributed by atoms with Gasteiger partial charge in [0.2, 0.25) is 0 Å². The lowest BCUT2D eigenvalue weighted by molar-refractivity contribution is 0.668. The van der Waals surface area contributed by atoms with Crippen LogP contribution >= 0.6 is 0 Å². The van der Waals surface area contributed by atoms with E-state index < -0.39 is 0 Å². The van der Waals surface area contributed by atoms with Crippen LogP contribution < -0.4 is 4.90 Å². The lowest BCUT2D eigenvalue weighted by Crippen LogP contribution is -2.11. The molecule has 3 nitrogen and oxygen atoms in total. The van der Waals surface area contributed by atoms with E-state index in [0.29, 0.717) is 0 Å². The Labute approximate surface area is 270 Å². The smallest absolute Gasteiger partial charge is 0.137 e. The van der Waals surface area contributed by atoms with Crippen molar-refractivity contribution in [1.82, 2.24) is 0 Å².